The third-order valence-corrected chi connectivity index (χ3v) is 8.08. The number of ether oxygens (including phenoxy) is 3. The lowest BCUT2D eigenvalue weighted by molar-refractivity contribution is -0.0328. The molecule has 156 valence electrons. The smallest absolute Gasteiger partial charge is 0.248 e. The summed E-state index contributed by atoms with van der Waals surface area (Å²) in [5.41, 5.74) is -0.230. The Hall–Kier alpha value is -0.970. The van der Waals surface area contributed by atoms with Gasteiger partial charge in [0.25, 0.3) is 0 Å². The minimum atomic E-state index is -3.73. The fourth-order valence-electron chi connectivity index (χ4n) is 4.37. The van der Waals surface area contributed by atoms with Crippen LogP contribution in [-0.2, 0) is 19.5 Å². The van der Waals surface area contributed by atoms with Crippen LogP contribution in [0, 0.1) is 0 Å². The van der Waals surface area contributed by atoms with Gasteiger partial charge in [0, 0.05) is 38.4 Å². The Morgan fingerprint density at radius 2 is 1.96 bits per heavy atom. The number of halogens is 1. The van der Waals surface area contributed by atoms with Crippen LogP contribution in [-0.4, -0.2) is 87.4 Å². The summed E-state index contributed by atoms with van der Waals surface area (Å²) in [5, 5.41) is 0.264. The Labute approximate surface area is 170 Å². The molecule has 3 saturated heterocycles. The van der Waals surface area contributed by atoms with Gasteiger partial charge in [-0.25, -0.2) is 13.4 Å². The number of hydrogen-bond acceptors (Lipinski definition) is 7. The minimum Gasteiger partial charge on any atom is -0.480 e. The molecule has 4 rings (SSSR count). The van der Waals surface area contributed by atoms with Crippen LogP contribution < -0.4 is 4.74 Å². The largest absolute Gasteiger partial charge is 0.480 e. The number of piperidine rings is 1. The molecule has 0 aliphatic carbocycles. The molecule has 0 bridgehead atoms. The summed E-state index contributed by atoms with van der Waals surface area (Å²) in [7, 11) is -2.33. The molecule has 4 heterocycles. The molecule has 10 heteroatoms. The van der Waals surface area contributed by atoms with Crippen molar-refractivity contribution in [1.82, 2.24) is 14.2 Å². The highest BCUT2D eigenvalue weighted by atomic mass is 35.5. The van der Waals surface area contributed by atoms with Crippen LogP contribution in [0.2, 0.25) is 5.02 Å². The summed E-state index contributed by atoms with van der Waals surface area (Å²) in [6, 6.07) is 1.79. The van der Waals surface area contributed by atoms with Gasteiger partial charge in [0.05, 0.1) is 37.6 Å². The van der Waals surface area contributed by atoms with E-state index < -0.39 is 10.0 Å². The molecule has 1 aromatic heterocycles. The fraction of sp³-hybridized carbons (Fsp3) is 0.722. The zero-order valence-electron chi connectivity index (χ0n) is 16.0. The first-order chi connectivity index (χ1) is 13.4. The van der Waals surface area contributed by atoms with Gasteiger partial charge >= 0.3 is 0 Å². The second-order valence-electron chi connectivity index (χ2n) is 7.57. The van der Waals surface area contributed by atoms with Crippen LogP contribution in [0.15, 0.2) is 17.2 Å². The minimum absolute atomic E-state index is 0.0111. The van der Waals surface area contributed by atoms with Gasteiger partial charge in [-0.3, -0.25) is 4.90 Å². The van der Waals surface area contributed by atoms with E-state index in [1.54, 1.807) is 0 Å². The summed E-state index contributed by atoms with van der Waals surface area (Å²) >= 11 is 5.97. The molecule has 0 amide bonds. The molecule has 3 aliphatic rings. The van der Waals surface area contributed by atoms with Gasteiger partial charge in [0.15, 0.2) is 0 Å². The normalized spacial score (nSPS) is 26.6. The van der Waals surface area contributed by atoms with E-state index in [0.717, 1.165) is 32.7 Å². The number of nitrogens with zero attached hydrogens (tertiary/aromatic N) is 3. The summed E-state index contributed by atoms with van der Waals surface area (Å²) in [4.78, 5) is 6.44. The topological polar surface area (TPSA) is 81.2 Å². The molecule has 3 fully saturated rings. The summed E-state index contributed by atoms with van der Waals surface area (Å²) in [5.74, 6) is 0.0641. The predicted octanol–water partition coefficient (Wildman–Crippen LogP) is 1.39. The molecule has 0 N–H and O–H groups in total. The Bertz CT molecular complexity index is 807. The zero-order valence-corrected chi connectivity index (χ0v) is 17.5. The van der Waals surface area contributed by atoms with Gasteiger partial charge < -0.3 is 14.2 Å². The first kappa shape index (κ1) is 20.3. The molecule has 0 radical (unpaired) electrons. The van der Waals surface area contributed by atoms with E-state index in [4.69, 9.17) is 25.8 Å². The third-order valence-electron chi connectivity index (χ3n) is 5.98. The Kier molecular flexibility index (Phi) is 5.83. The number of methoxy groups -OCH3 is 1. The first-order valence-electron chi connectivity index (χ1n) is 9.59. The van der Waals surface area contributed by atoms with Crippen molar-refractivity contribution in [3.05, 3.63) is 17.3 Å². The molecule has 1 spiro atoms. The lowest BCUT2D eigenvalue weighted by Gasteiger charge is -2.38. The van der Waals surface area contributed by atoms with E-state index in [9.17, 15) is 8.42 Å². The monoisotopic (exact) mass is 431 g/mol. The molecular formula is C18H26ClN3O5S. The van der Waals surface area contributed by atoms with E-state index in [1.165, 1.54) is 23.7 Å². The highest BCUT2D eigenvalue weighted by Crippen LogP contribution is 2.39. The Morgan fingerprint density at radius 3 is 2.64 bits per heavy atom. The molecule has 1 unspecified atom stereocenters. The van der Waals surface area contributed by atoms with E-state index in [1.807, 2.05) is 0 Å². The maximum absolute atomic E-state index is 13.1. The molecule has 1 atom stereocenters. The van der Waals surface area contributed by atoms with Crippen molar-refractivity contribution in [3.63, 3.8) is 0 Å². The zero-order chi connectivity index (χ0) is 19.8. The maximum atomic E-state index is 13.1. The van der Waals surface area contributed by atoms with Crippen molar-refractivity contribution in [3.8, 4) is 5.88 Å². The number of rotatable bonds is 4. The number of pyridine rings is 1. The summed E-state index contributed by atoms with van der Waals surface area (Å²) in [6.45, 7) is 4.94. The third kappa shape index (κ3) is 3.88. The van der Waals surface area contributed by atoms with Crippen LogP contribution in [0.3, 0.4) is 0 Å². The van der Waals surface area contributed by atoms with Gasteiger partial charge in [0.1, 0.15) is 4.90 Å². The number of aromatic nitrogens is 1. The molecule has 28 heavy (non-hydrogen) atoms. The molecule has 1 aromatic rings. The van der Waals surface area contributed by atoms with Crippen LogP contribution in [0.25, 0.3) is 0 Å². The van der Waals surface area contributed by atoms with Crippen molar-refractivity contribution < 1.29 is 22.6 Å². The predicted molar refractivity (Wildman–Crippen MR) is 103 cm³/mol. The molecule has 0 saturated carbocycles. The lowest BCUT2D eigenvalue weighted by Crippen LogP contribution is -2.48. The van der Waals surface area contributed by atoms with Crippen molar-refractivity contribution >= 4 is 21.6 Å². The number of morpholine rings is 1. The average Bonchev–Trinajstić information content (AvgIpc) is 3.12. The Balaban J connectivity index is 1.43. The second-order valence-corrected chi connectivity index (χ2v) is 9.91. The standard InChI is InChI=1S/C18H26ClN3O5S/c1-25-17-16(10-14(19)12-20-17)28(23,24)22-4-2-18(3-5-22)11-15(13-27-18)21-6-8-26-9-7-21/h10,12,15H,2-9,11,13H2,1H3. The van der Waals surface area contributed by atoms with Crippen molar-refractivity contribution in [2.24, 2.45) is 0 Å². The van der Waals surface area contributed by atoms with Crippen molar-refractivity contribution in [2.45, 2.75) is 35.8 Å². The van der Waals surface area contributed by atoms with Gasteiger partial charge in [-0.15, -0.1) is 0 Å². The van der Waals surface area contributed by atoms with E-state index in [2.05, 4.69) is 9.88 Å². The Morgan fingerprint density at radius 1 is 1.25 bits per heavy atom. The summed E-state index contributed by atoms with van der Waals surface area (Å²) < 4.78 is 44.5. The highest BCUT2D eigenvalue weighted by Gasteiger charge is 2.46. The number of sulfonamides is 1. The van der Waals surface area contributed by atoms with Gasteiger partial charge in [0.2, 0.25) is 15.9 Å². The van der Waals surface area contributed by atoms with Crippen LogP contribution >= 0.6 is 11.6 Å². The molecule has 0 aromatic carbocycles. The maximum Gasteiger partial charge on any atom is 0.248 e. The lowest BCUT2D eigenvalue weighted by atomic mass is 9.88. The van der Waals surface area contributed by atoms with E-state index >= 15 is 0 Å². The molecule has 3 aliphatic heterocycles. The SMILES string of the molecule is COc1ncc(Cl)cc1S(=O)(=O)N1CCC2(CC1)CC(N1CCOCC1)CO2. The van der Waals surface area contributed by atoms with Crippen LogP contribution in [0.1, 0.15) is 19.3 Å². The van der Waals surface area contributed by atoms with Crippen LogP contribution in [0.5, 0.6) is 5.88 Å². The number of hydrogen-bond donors (Lipinski definition) is 0. The molecule has 8 nitrogen and oxygen atoms in total. The fourth-order valence-corrected chi connectivity index (χ4v) is 6.16. The highest BCUT2D eigenvalue weighted by molar-refractivity contribution is 7.89. The summed E-state index contributed by atoms with van der Waals surface area (Å²) in [6.07, 6.45) is 3.69. The average molecular weight is 432 g/mol. The van der Waals surface area contributed by atoms with Crippen molar-refractivity contribution in [1.29, 1.82) is 0 Å². The van der Waals surface area contributed by atoms with Gasteiger partial charge in [-0.1, -0.05) is 11.6 Å². The van der Waals surface area contributed by atoms with E-state index in [-0.39, 0.29) is 21.4 Å². The van der Waals surface area contributed by atoms with E-state index in [0.29, 0.717) is 38.6 Å². The second kappa shape index (κ2) is 8.04. The van der Waals surface area contributed by atoms with Gasteiger partial charge in [-0.2, -0.15) is 4.31 Å². The van der Waals surface area contributed by atoms with Crippen molar-refractivity contribution in [2.75, 3.05) is 53.1 Å². The quantitative estimate of drug-likeness (QED) is 0.712. The van der Waals surface area contributed by atoms with Crippen LogP contribution in [0.4, 0.5) is 0 Å². The van der Waals surface area contributed by atoms with Gasteiger partial charge in [-0.05, 0) is 25.3 Å². The first-order valence-corrected chi connectivity index (χ1v) is 11.4. The molecular weight excluding hydrogens is 406 g/mol.